The van der Waals surface area contributed by atoms with Crippen LogP contribution >= 0.6 is 0 Å². The summed E-state index contributed by atoms with van der Waals surface area (Å²) in [5, 5.41) is 0. The molecule has 1 unspecified atom stereocenters. The molecule has 0 spiro atoms. The molecule has 0 N–H and O–H groups in total. The van der Waals surface area contributed by atoms with E-state index in [0.717, 1.165) is 0 Å². The van der Waals surface area contributed by atoms with Crippen LogP contribution in [0, 0.1) is 0 Å². The minimum atomic E-state index is 0.391. The average molecular weight is 157 g/mol. The van der Waals surface area contributed by atoms with E-state index in [4.69, 9.17) is 4.74 Å². The van der Waals surface area contributed by atoms with E-state index >= 15 is 0 Å². The Kier molecular flexibility index (Phi) is 3.87. The summed E-state index contributed by atoms with van der Waals surface area (Å²) in [4.78, 5) is 2.45. The van der Waals surface area contributed by atoms with E-state index in [1.807, 2.05) is 7.11 Å². The third kappa shape index (κ3) is 2.46. The second-order valence-electron chi connectivity index (χ2n) is 3.22. The predicted octanol–water partition coefficient (Wildman–Crippen LogP) is 1.85. The molecular formula is C9H19NO. The zero-order chi connectivity index (χ0) is 8.10. The summed E-state index contributed by atoms with van der Waals surface area (Å²) in [6.07, 6.45) is 5.49. The lowest BCUT2D eigenvalue weighted by atomic mass is 10.3. The normalized spacial score (nSPS) is 22.4. The summed E-state index contributed by atoms with van der Waals surface area (Å²) >= 11 is 0. The van der Waals surface area contributed by atoms with Crippen molar-refractivity contribution in [3.8, 4) is 0 Å². The van der Waals surface area contributed by atoms with E-state index < -0.39 is 0 Å². The Morgan fingerprint density at radius 3 is 2.45 bits per heavy atom. The molecule has 0 aromatic rings. The summed E-state index contributed by atoms with van der Waals surface area (Å²) < 4.78 is 5.40. The van der Waals surface area contributed by atoms with Gasteiger partial charge in [0.1, 0.15) is 6.23 Å². The highest BCUT2D eigenvalue weighted by molar-refractivity contribution is 4.69. The predicted molar refractivity (Wildman–Crippen MR) is 46.5 cm³/mol. The number of hydrogen-bond donors (Lipinski definition) is 0. The van der Waals surface area contributed by atoms with Gasteiger partial charge in [-0.3, -0.25) is 4.90 Å². The van der Waals surface area contributed by atoms with Crippen LogP contribution in [0.5, 0.6) is 0 Å². The summed E-state index contributed by atoms with van der Waals surface area (Å²) in [5.74, 6) is 0. The van der Waals surface area contributed by atoms with Crippen LogP contribution in [0.15, 0.2) is 0 Å². The summed E-state index contributed by atoms with van der Waals surface area (Å²) in [6.45, 7) is 4.68. The van der Waals surface area contributed by atoms with Crippen molar-refractivity contribution in [2.45, 2.75) is 38.8 Å². The van der Waals surface area contributed by atoms with Gasteiger partial charge < -0.3 is 4.74 Å². The molecule has 0 aliphatic carbocycles. The van der Waals surface area contributed by atoms with E-state index in [-0.39, 0.29) is 0 Å². The van der Waals surface area contributed by atoms with Gasteiger partial charge in [-0.05, 0) is 19.3 Å². The molecule has 0 aromatic heterocycles. The van der Waals surface area contributed by atoms with Gasteiger partial charge in [-0.1, -0.05) is 13.3 Å². The minimum Gasteiger partial charge on any atom is -0.366 e. The monoisotopic (exact) mass is 157 g/mol. The number of hydrogen-bond acceptors (Lipinski definition) is 2. The van der Waals surface area contributed by atoms with E-state index in [1.54, 1.807) is 0 Å². The van der Waals surface area contributed by atoms with Crippen molar-refractivity contribution in [3.63, 3.8) is 0 Å². The van der Waals surface area contributed by atoms with Gasteiger partial charge in [0.2, 0.25) is 0 Å². The minimum absolute atomic E-state index is 0.391. The average Bonchev–Trinajstić information content (AvgIpc) is 2.52. The maximum Gasteiger partial charge on any atom is 0.110 e. The maximum atomic E-state index is 5.40. The first-order chi connectivity index (χ1) is 5.38. The highest BCUT2D eigenvalue weighted by Crippen LogP contribution is 2.15. The van der Waals surface area contributed by atoms with E-state index in [2.05, 4.69) is 11.8 Å². The molecule has 1 aliphatic heterocycles. The van der Waals surface area contributed by atoms with Crippen molar-refractivity contribution in [1.29, 1.82) is 0 Å². The first-order valence-corrected chi connectivity index (χ1v) is 4.65. The lowest BCUT2D eigenvalue weighted by Crippen LogP contribution is -2.33. The molecule has 1 heterocycles. The highest BCUT2D eigenvalue weighted by atomic mass is 16.5. The molecule has 2 heteroatoms. The quantitative estimate of drug-likeness (QED) is 0.617. The number of likely N-dealkylation sites (tertiary alicyclic amines) is 1. The molecule has 1 saturated heterocycles. The molecule has 1 rings (SSSR count). The Balaban J connectivity index is 2.27. The molecule has 0 aromatic carbocycles. The Morgan fingerprint density at radius 1 is 1.36 bits per heavy atom. The van der Waals surface area contributed by atoms with Crippen molar-refractivity contribution in [1.82, 2.24) is 4.90 Å². The zero-order valence-corrected chi connectivity index (χ0v) is 7.68. The van der Waals surface area contributed by atoms with Gasteiger partial charge in [0.25, 0.3) is 0 Å². The van der Waals surface area contributed by atoms with Crippen molar-refractivity contribution in [3.05, 3.63) is 0 Å². The molecule has 1 aliphatic rings. The van der Waals surface area contributed by atoms with Gasteiger partial charge in [-0.25, -0.2) is 0 Å². The molecular weight excluding hydrogens is 138 g/mol. The second kappa shape index (κ2) is 4.73. The fourth-order valence-electron chi connectivity index (χ4n) is 1.73. The molecule has 0 amide bonds. The lowest BCUT2D eigenvalue weighted by Gasteiger charge is -2.25. The summed E-state index contributed by atoms with van der Waals surface area (Å²) in [5.41, 5.74) is 0. The SMILES string of the molecule is CCCC(OC)N1CCCC1. The van der Waals surface area contributed by atoms with Gasteiger partial charge in [0, 0.05) is 20.2 Å². The van der Waals surface area contributed by atoms with Gasteiger partial charge in [-0.2, -0.15) is 0 Å². The molecule has 0 saturated carbocycles. The van der Waals surface area contributed by atoms with Crippen LogP contribution in [0.25, 0.3) is 0 Å². The molecule has 1 atom stereocenters. The van der Waals surface area contributed by atoms with Gasteiger partial charge in [0.15, 0.2) is 0 Å². The number of nitrogens with zero attached hydrogens (tertiary/aromatic N) is 1. The number of ether oxygens (including phenoxy) is 1. The second-order valence-corrected chi connectivity index (χ2v) is 3.22. The Hall–Kier alpha value is -0.0800. The van der Waals surface area contributed by atoms with E-state index in [0.29, 0.717) is 6.23 Å². The Morgan fingerprint density at radius 2 is 2.00 bits per heavy atom. The molecule has 66 valence electrons. The standard InChI is InChI=1S/C9H19NO/c1-3-6-9(11-2)10-7-4-5-8-10/h9H,3-8H2,1-2H3. The van der Waals surface area contributed by atoms with Crippen LogP contribution in [0.2, 0.25) is 0 Å². The van der Waals surface area contributed by atoms with E-state index in [1.165, 1.54) is 38.8 Å². The maximum absolute atomic E-state index is 5.40. The van der Waals surface area contributed by atoms with Crippen LogP contribution in [-0.2, 0) is 4.74 Å². The molecule has 1 fully saturated rings. The molecule has 11 heavy (non-hydrogen) atoms. The van der Waals surface area contributed by atoms with Crippen molar-refractivity contribution >= 4 is 0 Å². The lowest BCUT2D eigenvalue weighted by molar-refractivity contribution is -0.0250. The smallest absolute Gasteiger partial charge is 0.110 e. The molecule has 2 nitrogen and oxygen atoms in total. The van der Waals surface area contributed by atoms with E-state index in [9.17, 15) is 0 Å². The van der Waals surface area contributed by atoms with Crippen molar-refractivity contribution < 1.29 is 4.74 Å². The van der Waals surface area contributed by atoms with Crippen LogP contribution in [-0.4, -0.2) is 31.3 Å². The molecule has 0 radical (unpaired) electrons. The number of methoxy groups -OCH3 is 1. The van der Waals surface area contributed by atoms with Crippen LogP contribution < -0.4 is 0 Å². The largest absolute Gasteiger partial charge is 0.366 e. The number of rotatable bonds is 4. The van der Waals surface area contributed by atoms with Crippen LogP contribution in [0.3, 0.4) is 0 Å². The third-order valence-corrected chi connectivity index (χ3v) is 2.36. The third-order valence-electron chi connectivity index (χ3n) is 2.36. The summed E-state index contributed by atoms with van der Waals surface area (Å²) in [6, 6.07) is 0. The zero-order valence-electron chi connectivity index (χ0n) is 7.68. The Labute approximate surface area is 69.5 Å². The topological polar surface area (TPSA) is 12.5 Å². The van der Waals surface area contributed by atoms with Crippen molar-refractivity contribution in [2.75, 3.05) is 20.2 Å². The van der Waals surface area contributed by atoms with Crippen LogP contribution in [0.1, 0.15) is 32.6 Å². The highest BCUT2D eigenvalue weighted by Gasteiger charge is 2.19. The van der Waals surface area contributed by atoms with Gasteiger partial charge in [0.05, 0.1) is 0 Å². The fourth-order valence-corrected chi connectivity index (χ4v) is 1.73. The first-order valence-electron chi connectivity index (χ1n) is 4.65. The van der Waals surface area contributed by atoms with Gasteiger partial charge in [-0.15, -0.1) is 0 Å². The Bertz CT molecular complexity index is 99.7. The molecule has 0 bridgehead atoms. The van der Waals surface area contributed by atoms with Crippen LogP contribution in [0.4, 0.5) is 0 Å². The van der Waals surface area contributed by atoms with Crippen molar-refractivity contribution in [2.24, 2.45) is 0 Å². The van der Waals surface area contributed by atoms with Gasteiger partial charge >= 0.3 is 0 Å². The fraction of sp³-hybridized carbons (Fsp3) is 1.00. The first kappa shape index (κ1) is 9.01. The summed E-state index contributed by atoms with van der Waals surface area (Å²) in [7, 11) is 1.82.